The van der Waals surface area contributed by atoms with Crippen molar-refractivity contribution in [2.24, 2.45) is 5.92 Å². The second-order valence-electron chi connectivity index (χ2n) is 9.17. The fraction of sp³-hybridized carbons (Fsp3) is 0.371. The van der Waals surface area contributed by atoms with Crippen molar-refractivity contribution in [1.82, 2.24) is 0 Å². The monoisotopic (exact) mass is 470 g/mol. The highest BCUT2D eigenvalue weighted by atomic mass is 14.1. The SMILES string of the molecule is C=C/C=C(C=C)/C(C)=C\CC.CC/C=C(\c1ccccc1)C(C)CC.Cc1cccc(C(C)C)c1. The molecule has 0 fully saturated rings. The first-order chi connectivity index (χ1) is 16.7. The number of rotatable bonds is 9. The van der Waals surface area contributed by atoms with Gasteiger partial charge in [0.05, 0.1) is 0 Å². The average molecular weight is 471 g/mol. The molecule has 0 saturated heterocycles. The highest BCUT2D eigenvalue weighted by molar-refractivity contribution is 5.66. The minimum atomic E-state index is 0.653. The van der Waals surface area contributed by atoms with Crippen LogP contribution in [-0.2, 0) is 0 Å². The van der Waals surface area contributed by atoms with Crippen molar-refractivity contribution in [2.75, 3.05) is 0 Å². The van der Waals surface area contributed by atoms with Gasteiger partial charge in [0.2, 0.25) is 0 Å². The third kappa shape index (κ3) is 13.6. The molecule has 0 aliphatic rings. The van der Waals surface area contributed by atoms with Crippen LogP contribution in [0.4, 0.5) is 0 Å². The summed E-state index contributed by atoms with van der Waals surface area (Å²) >= 11 is 0. The lowest BCUT2D eigenvalue weighted by molar-refractivity contribution is 0.715. The molecule has 0 amide bonds. The Kier molecular flexibility index (Phi) is 17.9. The number of benzene rings is 2. The standard InChI is InChI=1S/C14H20.C11H16.C10H14/c1-4-9-14(12(3)5-2)13-10-7-6-8-11-13;1-5-8-10(4)11(7-3)9-6-2;1-8(2)10-6-4-5-9(3)7-10/h6-12H,4-5H2,1-3H3;6-9H,2-3,5H2,1,4H3;4-8H,1-3H3/b14-9-;10-8-,11-9+;. The molecule has 0 aliphatic heterocycles. The van der Waals surface area contributed by atoms with E-state index in [0.29, 0.717) is 11.8 Å². The summed E-state index contributed by atoms with van der Waals surface area (Å²) in [4.78, 5) is 0. The smallest absolute Gasteiger partial charge is 0.0190 e. The van der Waals surface area contributed by atoms with Crippen LogP contribution in [0.15, 0.2) is 109 Å². The van der Waals surface area contributed by atoms with Crippen molar-refractivity contribution < 1.29 is 0 Å². The quantitative estimate of drug-likeness (QED) is 0.320. The topological polar surface area (TPSA) is 0 Å². The number of hydrogen-bond donors (Lipinski definition) is 0. The maximum Gasteiger partial charge on any atom is -0.0190 e. The summed E-state index contributed by atoms with van der Waals surface area (Å²) in [5, 5.41) is 0. The molecule has 0 saturated carbocycles. The minimum Gasteiger partial charge on any atom is -0.0990 e. The lowest BCUT2D eigenvalue weighted by Crippen LogP contribution is -1.97. The molecule has 0 aromatic heterocycles. The summed E-state index contributed by atoms with van der Waals surface area (Å²) in [5.41, 5.74) is 8.08. The third-order valence-electron chi connectivity index (χ3n) is 5.87. The molecule has 190 valence electrons. The minimum absolute atomic E-state index is 0.653. The summed E-state index contributed by atoms with van der Waals surface area (Å²) in [7, 11) is 0. The maximum atomic E-state index is 3.73. The van der Waals surface area contributed by atoms with Gasteiger partial charge in [-0.2, -0.15) is 0 Å². The van der Waals surface area contributed by atoms with E-state index in [2.05, 4.69) is 135 Å². The Morgan fingerprint density at radius 1 is 0.857 bits per heavy atom. The summed E-state index contributed by atoms with van der Waals surface area (Å²) in [6.07, 6.45) is 13.5. The Bertz CT molecular complexity index is 935. The van der Waals surface area contributed by atoms with Crippen molar-refractivity contribution in [3.8, 4) is 0 Å². The molecule has 2 aromatic rings. The Morgan fingerprint density at radius 2 is 1.49 bits per heavy atom. The van der Waals surface area contributed by atoms with Crippen LogP contribution < -0.4 is 0 Å². The van der Waals surface area contributed by atoms with Gasteiger partial charge in [-0.25, -0.2) is 0 Å². The molecule has 1 atom stereocenters. The zero-order valence-electron chi connectivity index (χ0n) is 23.8. The van der Waals surface area contributed by atoms with E-state index in [0.717, 1.165) is 18.4 Å². The molecule has 0 heterocycles. The summed E-state index contributed by atoms with van der Waals surface area (Å²) in [5.74, 6) is 1.32. The average Bonchev–Trinajstić information content (AvgIpc) is 2.86. The fourth-order valence-corrected chi connectivity index (χ4v) is 3.61. The molecule has 0 spiro atoms. The lowest BCUT2D eigenvalue weighted by atomic mass is 9.91. The molecule has 0 N–H and O–H groups in total. The Hall–Kier alpha value is -2.86. The highest BCUT2D eigenvalue weighted by Crippen LogP contribution is 2.25. The molecule has 2 rings (SSSR count). The van der Waals surface area contributed by atoms with E-state index >= 15 is 0 Å². The van der Waals surface area contributed by atoms with Gasteiger partial charge < -0.3 is 0 Å². The first-order valence-corrected chi connectivity index (χ1v) is 13.2. The molecule has 0 heteroatoms. The maximum absolute atomic E-state index is 3.73. The van der Waals surface area contributed by atoms with Crippen LogP contribution in [0.3, 0.4) is 0 Å². The molecule has 0 bridgehead atoms. The molecule has 35 heavy (non-hydrogen) atoms. The van der Waals surface area contributed by atoms with Crippen LogP contribution in [0, 0.1) is 12.8 Å². The van der Waals surface area contributed by atoms with Crippen LogP contribution in [-0.4, -0.2) is 0 Å². The molecule has 1 unspecified atom stereocenters. The Morgan fingerprint density at radius 3 is 1.91 bits per heavy atom. The van der Waals surface area contributed by atoms with E-state index in [1.807, 2.05) is 12.2 Å². The van der Waals surface area contributed by atoms with Gasteiger partial charge in [0.1, 0.15) is 0 Å². The van der Waals surface area contributed by atoms with Gasteiger partial charge in [-0.3, -0.25) is 0 Å². The van der Waals surface area contributed by atoms with Gasteiger partial charge in [-0.05, 0) is 72.8 Å². The van der Waals surface area contributed by atoms with E-state index in [1.54, 1.807) is 6.08 Å². The van der Waals surface area contributed by atoms with Gasteiger partial charge >= 0.3 is 0 Å². The van der Waals surface area contributed by atoms with E-state index < -0.39 is 0 Å². The summed E-state index contributed by atoms with van der Waals surface area (Å²) in [6, 6.07) is 19.4. The van der Waals surface area contributed by atoms with Gasteiger partial charge in [-0.1, -0.05) is 145 Å². The largest absolute Gasteiger partial charge is 0.0990 e. The predicted molar refractivity (Wildman–Crippen MR) is 162 cm³/mol. The van der Waals surface area contributed by atoms with Crippen LogP contribution >= 0.6 is 0 Å². The number of hydrogen-bond acceptors (Lipinski definition) is 0. The number of aryl methyl sites for hydroxylation is 1. The molecule has 0 radical (unpaired) electrons. The van der Waals surface area contributed by atoms with Gasteiger partial charge in [-0.15, -0.1) is 0 Å². The van der Waals surface area contributed by atoms with Crippen LogP contribution in [0.2, 0.25) is 0 Å². The van der Waals surface area contributed by atoms with Crippen molar-refractivity contribution in [2.45, 2.75) is 80.6 Å². The summed E-state index contributed by atoms with van der Waals surface area (Å²) < 4.78 is 0. The van der Waals surface area contributed by atoms with Gasteiger partial charge in [0.15, 0.2) is 0 Å². The first-order valence-electron chi connectivity index (χ1n) is 13.2. The van der Waals surface area contributed by atoms with Crippen LogP contribution in [0.5, 0.6) is 0 Å². The number of allylic oxidation sites excluding steroid dienone is 8. The van der Waals surface area contributed by atoms with E-state index in [4.69, 9.17) is 0 Å². The molecule has 2 aromatic carbocycles. The van der Waals surface area contributed by atoms with Crippen LogP contribution in [0.1, 0.15) is 90.3 Å². The predicted octanol–water partition coefficient (Wildman–Crippen LogP) is 11.3. The summed E-state index contributed by atoms with van der Waals surface area (Å²) in [6.45, 7) is 24.9. The van der Waals surface area contributed by atoms with Gasteiger partial charge in [0, 0.05) is 0 Å². The van der Waals surface area contributed by atoms with Crippen molar-refractivity contribution in [3.05, 3.63) is 126 Å². The third-order valence-corrected chi connectivity index (χ3v) is 5.87. The van der Waals surface area contributed by atoms with Gasteiger partial charge in [0.25, 0.3) is 0 Å². The second kappa shape index (κ2) is 19.4. The zero-order valence-corrected chi connectivity index (χ0v) is 23.8. The van der Waals surface area contributed by atoms with Crippen molar-refractivity contribution in [3.63, 3.8) is 0 Å². The normalized spacial score (nSPS) is 12.7. The first kappa shape index (κ1) is 32.1. The molecule has 0 aliphatic carbocycles. The molecular formula is C35H50. The fourth-order valence-electron chi connectivity index (χ4n) is 3.61. The van der Waals surface area contributed by atoms with E-state index in [-0.39, 0.29) is 0 Å². The molecular weight excluding hydrogens is 420 g/mol. The highest BCUT2D eigenvalue weighted by Gasteiger charge is 2.07. The second-order valence-corrected chi connectivity index (χ2v) is 9.17. The zero-order chi connectivity index (χ0) is 26.6. The Labute approximate surface area is 217 Å². The molecule has 0 nitrogen and oxygen atoms in total. The van der Waals surface area contributed by atoms with Crippen molar-refractivity contribution >= 4 is 5.57 Å². The van der Waals surface area contributed by atoms with E-state index in [9.17, 15) is 0 Å². The van der Waals surface area contributed by atoms with Crippen LogP contribution in [0.25, 0.3) is 5.57 Å². The lowest BCUT2D eigenvalue weighted by Gasteiger charge is -2.14. The Balaban J connectivity index is 0.000000504. The van der Waals surface area contributed by atoms with E-state index in [1.165, 1.54) is 34.3 Å². The van der Waals surface area contributed by atoms with Crippen molar-refractivity contribution in [1.29, 1.82) is 0 Å².